The highest BCUT2D eigenvalue weighted by atomic mass is 35.5. The number of nitrogens with one attached hydrogen (secondary N) is 1. The second kappa shape index (κ2) is 9.05. The van der Waals surface area contributed by atoms with Gasteiger partial charge >= 0.3 is 0 Å². The van der Waals surface area contributed by atoms with Crippen LogP contribution in [0.15, 0.2) is 54.6 Å². The van der Waals surface area contributed by atoms with Gasteiger partial charge in [0.2, 0.25) is 11.8 Å². The minimum Gasteiger partial charge on any atom is -0.349 e. The zero-order valence-electron chi connectivity index (χ0n) is 15.5. The van der Waals surface area contributed by atoms with Crippen LogP contribution in [0.2, 0.25) is 5.02 Å². The Bertz CT molecular complexity index is 769. The van der Waals surface area contributed by atoms with Gasteiger partial charge in [0.25, 0.3) is 0 Å². The first-order chi connectivity index (χ1) is 13.0. The van der Waals surface area contributed by atoms with Gasteiger partial charge in [-0.2, -0.15) is 0 Å². The number of hydrogen-bond donors (Lipinski definition) is 1. The molecule has 1 atom stereocenters. The zero-order chi connectivity index (χ0) is 19.2. The maximum absolute atomic E-state index is 12.6. The Balaban J connectivity index is 1.47. The van der Waals surface area contributed by atoms with Gasteiger partial charge in [-0.1, -0.05) is 54.1 Å². The van der Waals surface area contributed by atoms with Gasteiger partial charge in [-0.05, 0) is 43.0 Å². The van der Waals surface area contributed by atoms with Crippen LogP contribution in [0.1, 0.15) is 36.9 Å². The first kappa shape index (κ1) is 19.4. The Kier molecular flexibility index (Phi) is 6.51. The molecule has 2 aromatic carbocycles. The number of benzene rings is 2. The molecule has 0 spiro atoms. The fourth-order valence-electron chi connectivity index (χ4n) is 3.44. The monoisotopic (exact) mass is 384 g/mol. The standard InChI is InChI=1S/C22H25ClN2O2/c1-16(18-5-3-2-4-6-18)24-22(27)19-11-13-25(14-12-19)21(26)15-17-7-9-20(23)10-8-17/h2-10,16,19H,11-15H2,1H3,(H,24,27). The van der Waals surface area contributed by atoms with E-state index in [0.29, 0.717) is 37.4 Å². The van der Waals surface area contributed by atoms with Crippen LogP contribution < -0.4 is 5.32 Å². The molecule has 3 rings (SSSR count). The lowest BCUT2D eigenvalue weighted by molar-refractivity contribution is -0.135. The molecule has 0 bridgehead atoms. The molecule has 4 nitrogen and oxygen atoms in total. The van der Waals surface area contributed by atoms with Crippen molar-refractivity contribution in [1.82, 2.24) is 10.2 Å². The molecule has 2 amide bonds. The van der Waals surface area contributed by atoms with E-state index in [1.54, 1.807) is 12.1 Å². The summed E-state index contributed by atoms with van der Waals surface area (Å²) in [7, 11) is 0. The van der Waals surface area contributed by atoms with E-state index in [1.165, 1.54) is 0 Å². The number of carbonyl (C=O) groups is 2. The molecule has 1 saturated heterocycles. The summed E-state index contributed by atoms with van der Waals surface area (Å²) in [5, 5.41) is 3.77. The Morgan fingerprint density at radius 2 is 1.70 bits per heavy atom. The summed E-state index contributed by atoms with van der Waals surface area (Å²) in [6, 6.07) is 17.3. The molecule has 142 valence electrons. The summed E-state index contributed by atoms with van der Waals surface area (Å²) in [4.78, 5) is 26.9. The van der Waals surface area contributed by atoms with E-state index in [2.05, 4.69) is 5.32 Å². The smallest absolute Gasteiger partial charge is 0.226 e. The van der Waals surface area contributed by atoms with Crippen molar-refractivity contribution in [3.63, 3.8) is 0 Å². The van der Waals surface area contributed by atoms with Crippen LogP contribution in [0.4, 0.5) is 0 Å². The second-order valence-corrected chi connectivity index (χ2v) is 7.54. The van der Waals surface area contributed by atoms with Crippen molar-refractivity contribution in [3.05, 3.63) is 70.7 Å². The van der Waals surface area contributed by atoms with Crippen LogP contribution in [0.25, 0.3) is 0 Å². The Morgan fingerprint density at radius 3 is 2.33 bits per heavy atom. The van der Waals surface area contributed by atoms with Crippen molar-refractivity contribution >= 4 is 23.4 Å². The summed E-state index contributed by atoms with van der Waals surface area (Å²) in [5.41, 5.74) is 2.06. The number of nitrogens with zero attached hydrogens (tertiary/aromatic N) is 1. The van der Waals surface area contributed by atoms with Crippen LogP contribution in [-0.2, 0) is 16.0 Å². The van der Waals surface area contributed by atoms with Crippen molar-refractivity contribution in [2.45, 2.75) is 32.2 Å². The van der Waals surface area contributed by atoms with E-state index in [4.69, 9.17) is 11.6 Å². The Morgan fingerprint density at radius 1 is 1.07 bits per heavy atom. The number of amides is 2. The third-order valence-electron chi connectivity index (χ3n) is 5.15. The van der Waals surface area contributed by atoms with Gasteiger partial charge < -0.3 is 10.2 Å². The van der Waals surface area contributed by atoms with E-state index < -0.39 is 0 Å². The molecule has 1 fully saturated rings. The maximum Gasteiger partial charge on any atom is 0.226 e. The molecule has 5 heteroatoms. The van der Waals surface area contributed by atoms with Crippen molar-refractivity contribution in [2.24, 2.45) is 5.92 Å². The van der Waals surface area contributed by atoms with E-state index in [9.17, 15) is 9.59 Å². The second-order valence-electron chi connectivity index (χ2n) is 7.10. The maximum atomic E-state index is 12.6. The molecule has 1 unspecified atom stereocenters. The normalized spacial score (nSPS) is 16.0. The number of hydrogen-bond acceptors (Lipinski definition) is 2. The highest BCUT2D eigenvalue weighted by Gasteiger charge is 2.28. The molecule has 1 aliphatic heterocycles. The number of rotatable bonds is 5. The topological polar surface area (TPSA) is 49.4 Å². The third-order valence-corrected chi connectivity index (χ3v) is 5.40. The SMILES string of the molecule is CC(NC(=O)C1CCN(C(=O)Cc2ccc(Cl)cc2)CC1)c1ccccc1. The molecule has 2 aromatic rings. The number of halogens is 1. The van der Waals surface area contributed by atoms with Crippen molar-refractivity contribution in [1.29, 1.82) is 0 Å². The molecule has 27 heavy (non-hydrogen) atoms. The Hall–Kier alpha value is -2.33. The third kappa shape index (κ3) is 5.33. The molecular formula is C22H25ClN2O2. The van der Waals surface area contributed by atoms with E-state index in [-0.39, 0.29) is 23.8 Å². The van der Waals surface area contributed by atoms with Gasteiger partial charge in [0.05, 0.1) is 12.5 Å². The first-order valence-corrected chi connectivity index (χ1v) is 9.78. The van der Waals surface area contributed by atoms with E-state index >= 15 is 0 Å². The fourth-order valence-corrected chi connectivity index (χ4v) is 3.56. The highest BCUT2D eigenvalue weighted by molar-refractivity contribution is 6.30. The summed E-state index contributed by atoms with van der Waals surface area (Å²) >= 11 is 5.88. The van der Waals surface area contributed by atoms with Gasteiger partial charge in [0.15, 0.2) is 0 Å². The lowest BCUT2D eigenvalue weighted by Crippen LogP contribution is -2.43. The van der Waals surface area contributed by atoms with Crippen LogP contribution in [0.5, 0.6) is 0 Å². The quantitative estimate of drug-likeness (QED) is 0.847. The largest absolute Gasteiger partial charge is 0.349 e. The average Bonchev–Trinajstić information content (AvgIpc) is 2.70. The summed E-state index contributed by atoms with van der Waals surface area (Å²) in [6.45, 7) is 3.26. The van der Waals surface area contributed by atoms with E-state index in [0.717, 1.165) is 11.1 Å². The average molecular weight is 385 g/mol. The van der Waals surface area contributed by atoms with Crippen LogP contribution in [-0.4, -0.2) is 29.8 Å². The van der Waals surface area contributed by atoms with Gasteiger partial charge in [-0.15, -0.1) is 0 Å². The summed E-state index contributed by atoms with van der Waals surface area (Å²) < 4.78 is 0. The molecule has 1 heterocycles. The number of carbonyl (C=O) groups excluding carboxylic acids is 2. The van der Waals surface area contributed by atoms with Crippen LogP contribution in [0, 0.1) is 5.92 Å². The molecule has 1 N–H and O–H groups in total. The van der Waals surface area contributed by atoms with Gasteiger partial charge in [-0.25, -0.2) is 0 Å². The first-order valence-electron chi connectivity index (χ1n) is 9.40. The molecular weight excluding hydrogens is 360 g/mol. The summed E-state index contributed by atoms with van der Waals surface area (Å²) in [5.74, 6) is 0.153. The van der Waals surface area contributed by atoms with Gasteiger partial charge in [0, 0.05) is 24.0 Å². The molecule has 1 aliphatic rings. The van der Waals surface area contributed by atoms with Gasteiger partial charge in [0.1, 0.15) is 0 Å². The van der Waals surface area contributed by atoms with Crippen LogP contribution in [0.3, 0.4) is 0 Å². The molecule has 0 aromatic heterocycles. The number of piperidine rings is 1. The number of likely N-dealkylation sites (tertiary alicyclic amines) is 1. The van der Waals surface area contributed by atoms with E-state index in [1.807, 2.05) is 54.3 Å². The predicted octanol–water partition coefficient (Wildman–Crippen LogP) is 4.00. The molecule has 0 saturated carbocycles. The van der Waals surface area contributed by atoms with Crippen molar-refractivity contribution in [3.8, 4) is 0 Å². The van der Waals surface area contributed by atoms with Crippen molar-refractivity contribution < 1.29 is 9.59 Å². The Labute approximate surface area is 165 Å². The van der Waals surface area contributed by atoms with Crippen LogP contribution >= 0.6 is 11.6 Å². The lowest BCUT2D eigenvalue weighted by Gasteiger charge is -2.32. The summed E-state index contributed by atoms with van der Waals surface area (Å²) in [6.07, 6.45) is 1.79. The lowest BCUT2D eigenvalue weighted by atomic mass is 9.94. The highest BCUT2D eigenvalue weighted by Crippen LogP contribution is 2.21. The van der Waals surface area contributed by atoms with Crippen molar-refractivity contribution in [2.75, 3.05) is 13.1 Å². The minimum absolute atomic E-state index is 0.0109. The molecule has 0 radical (unpaired) electrons. The predicted molar refractivity (Wildman–Crippen MR) is 107 cm³/mol. The minimum atomic E-state index is -0.0317. The fraction of sp³-hybridized carbons (Fsp3) is 0.364. The van der Waals surface area contributed by atoms with Gasteiger partial charge in [-0.3, -0.25) is 9.59 Å². The molecule has 0 aliphatic carbocycles. The zero-order valence-corrected chi connectivity index (χ0v) is 16.3.